The Morgan fingerprint density at radius 3 is 2.53 bits per heavy atom. The fourth-order valence-electron chi connectivity index (χ4n) is 1.79. The highest BCUT2D eigenvalue weighted by Gasteiger charge is 2.35. The van der Waals surface area contributed by atoms with E-state index in [2.05, 4.69) is 10.1 Å². The van der Waals surface area contributed by atoms with Crippen molar-refractivity contribution in [2.45, 2.75) is 12.8 Å². The first-order chi connectivity index (χ1) is 9.07. The molecule has 1 rings (SSSR count). The Morgan fingerprint density at radius 2 is 2.05 bits per heavy atom. The van der Waals surface area contributed by atoms with Crippen LogP contribution in [0.5, 0.6) is 0 Å². The third-order valence-electron chi connectivity index (χ3n) is 2.79. The Labute approximate surface area is 109 Å². The zero-order valence-corrected chi connectivity index (χ0v) is 10.1. The quantitative estimate of drug-likeness (QED) is 0.553. The zero-order valence-electron chi connectivity index (χ0n) is 10.1. The molecule has 1 amide bonds. The first-order valence-electron chi connectivity index (χ1n) is 5.39. The largest absolute Gasteiger partial charge is 0.469 e. The van der Waals surface area contributed by atoms with Crippen molar-refractivity contribution in [1.82, 2.24) is 5.32 Å². The highest BCUT2D eigenvalue weighted by Crippen LogP contribution is 2.28. The lowest BCUT2D eigenvalue weighted by Gasteiger charge is -2.27. The highest BCUT2D eigenvalue weighted by molar-refractivity contribution is 5.86. The molecule has 2 atom stereocenters. The average molecular weight is 258 g/mol. The summed E-state index contributed by atoms with van der Waals surface area (Å²) < 4.78 is 4.47. The number of carbonyl (C=O) groups excluding carboxylic acids is 2. The van der Waals surface area contributed by atoms with Crippen molar-refractivity contribution in [2.75, 3.05) is 7.11 Å². The van der Waals surface area contributed by atoms with Gasteiger partial charge in [-0.2, -0.15) is 15.8 Å². The number of nitrogens with zero attached hydrogens (tertiary/aromatic N) is 3. The molecule has 0 radical (unpaired) electrons. The zero-order chi connectivity index (χ0) is 14.4. The van der Waals surface area contributed by atoms with E-state index in [1.165, 1.54) is 7.11 Å². The molecule has 0 bridgehead atoms. The van der Waals surface area contributed by atoms with E-state index < -0.39 is 23.7 Å². The summed E-state index contributed by atoms with van der Waals surface area (Å²) in [5.41, 5.74) is -0.282. The molecule has 0 aromatic heterocycles. The van der Waals surface area contributed by atoms with Crippen LogP contribution >= 0.6 is 0 Å². The van der Waals surface area contributed by atoms with Crippen LogP contribution in [0.25, 0.3) is 0 Å². The van der Waals surface area contributed by atoms with Gasteiger partial charge >= 0.3 is 5.97 Å². The molecule has 1 aliphatic rings. The van der Waals surface area contributed by atoms with Gasteiger partial charge in [-0.15, -0.1) is 0 Å². The van der Waals surface area contributed by atoms with E-state index in [0.717, 1.165) is 0 Å². The van der Waals surface area contributed by atoms with Crippen molar-refractivity contribution in [1.29, 1.82) is 15.8 Å². The molecule has 7 nitrogen and oxygen atoms in total. The number of carbonyl (C=O) groups is 2. The predicted octanol–water partition coefficient (Wildman–Crippen LogP) is 0.127. The first-order valence-corrected chi connectivity index (χ1v) is 5.39. The molecule has 96 valence electrons. The number of amides is 1. The van der Waals surface area contributed by atoms with Gasteiger partial charge < -0.3 is 10.1 Å². The number of hydrogen-bond donors (Lipinski definition) is 1. The molecule has 0 aliphatic carbocycles. The standard InChI is InChI=1S/C12H10N4O3/c1-19-10(17)3-7-2-8(4-13)11(16-12(7)18)9(5-14)6-15/h7-8H,2-3H2,1H3,(H,16,18). The molecular formula is C12H10N4O3. The van der Waals surface area contributed by atoms with Crippen LogP contribution in [0.15, 0.2) is 11.3 Å². The molecule has 1 heterocycles. The molecule has 1 saturated heterocycles. The van der Waals surface area contributed by atoms with E-state index in [1.54, 1.807) is 12.1 Å². The van der Waals surface area contributed by atoms with Crippen molar-refractivity contribution in [3.05, 3.63) is 11.3 Å². The summed E-state index contributed by atoms with van der Waals surface area (Å²) in [4.78, 5) is 22.9. The van der Waals surface area contributed by atoms with Crippen LogP contribution in [-0.2, 0) is 14.3 Å². The van der Waals surface area contributed by atoms with Gasteiger partial charge in [0, 0.05) is 0 Å². The van der Waals surface area contributed by atoms with Gasteiger partial charge in [0.25, 0.3) is 0 Å². The molecule has 0 saturated carbocycles. The van der Waals surface area contributed by atoms with Crippen LogP contribution in [0.1, 0.15) is 12.8 Å². The smallest absolute Gasteiger partial charge is 0.306 e. The molecule has 0 aromatic carbocycles. The van der Waals surface area contributed by atoms with E-state index in [0.29, 0.717) is 0 Å². The molecule has 2 unspecified atom stereocenters. The molecular weight excluding hydrogens is 248 g/mol. The Balaban J connectivity index is 3.00. The minimum Gasteiger partial charge on any atom is -0.469 e. The molecule has 0 aromatic rings. The topological polar surface area (TPSA) is 127 Å². The van der Waals surface area contributed by atoms with E-state index in [9.17, 15) is 9.59 Å². The number of esters is 1. The third kappa shape index (κ3) is 3.08. The third-order valence-corrected chi connectivity index (χ3v) is 2.79. The van der Waals surface area contributed by atoms with Crippen molar-refractivity contribution in [3.63, 3.8) is 0 Å². The summed E-state index contributed by atoms with van der Waals surface area (Å²) in [6, 6.07) is 5.19. The van der Waals surface area contributed by atoms with Gasteiger partial charge in [-0.25, -0.2) is 0 Å². The van der Waals surface area contributed by atoms with E-state index >= 15 is 0 Å². The molecule has 1 N–H and O–H groups in total. The fourth-order valence-corrected chi connectivity index (χ4v) is 1.79. The number of hydrogen-bond acceptors (Lipinski definition) is 6. The normalized spacial score (nSPS) is 21.4. The monoisotopic (exact) mass is 258 g/mol. The van der Waals surface area contributed by atoms with Crippen LogP contribution in [0.4, 0.5) is 0 Å². The SMILES string of the molecule is COC(=O)CC1CC(C#N)C(=C(C#N)C#N)NC1=O. The predicted molar refractivity (Wildman–Crippen MR) is 60.2 cm³/mol. The Hall–Kier alpha value is -2.85. The second kappa shape index (κ2) is 6.18. The van der Waals surface area contributed by atoms with Gasteiger partial charge in [0.1, 0.15) is 17.7 Å². The molecule has 7 heteroatoms. The van der Waals surface area contributed by atoms with Gasteiger partial charge in [0.15, 0.2) is 0 Å². The van der Waals surface area contributed by atoms with Crippen molar-refractivity contribution in [3.8, 4) is 18.2 Å². The second-order valence-electron chi connectivity index (χ2n) is 3.90. The van der Waals surface area contributed by atoms with Gasteiger partial charge in [-0.1, -0.05) is 0 Å². The second-order valence-corrected chi connectivity index (χ2v) is 3.90. The summed E-state index contributed by atoms with van der Waals surface area (Å²) in [5, 5.41) is 28.9. The maximum atomic E-state index is 11.8. The average Bonchev–Trinajstić information content (AvgIpc) is 2.42. The summed E-state index contributed by atoms with van der Waals surface area (Å²) in [6.45, 7) is 0. The fraction of sp³-hybridized carbons (Fsp3) is 0.417. The Kier molecular flexibility index (Phi) is 4.62. The van der Waals surface area contributed by atoms with E-state index in [-0.39, 0.29) is 24.1 Å². The Morgan fingerprint density at radius 1 is 1.42 bits per heavy atom. The summed E-state index contributed by atoms with van der Waals surface area (Å²) in [6.07, 6.45) is -0.0537. The minimum atomic E-state index is -0.790. The van der Waals surface area contributed by atoms with Crippen molar-refractivity contribution >= 4 is 11.9 Å². The maximum Gasteiger partial charge on any atom is 0.306 e. The number of methoxy groups -OCH3 is 1. The lowest BCUT2D eigenvalue weighted by Crippen LogP contribution is -2.41. The summed E-state index contributed by atoms with van der Waals surface area (Å²) in [7, 11) is 1.21. The molecule has 1 aliphatic heterocycles. The maximum absolute atomic E-state index is 11.8. The van der Waals surface area contributed by atoms with Crippen molar-refractivity contribution < 1.29 is 14.3 Å². The molecule has 0 spiro atoms. The van der Waals surface area contributed by atoms with Gasteiger partial charge in [0.05, 0.1) is 37.1 Å². The molecule has 19 heavy (non-hydrogen) atoms. The minimum absolute atomic E-state index is 0.0126. The lowest BCUT2D eigenvalue weighted by molar-refractivity contribution is -0.144. The number of allylic oxidation sites excluding steroid dienone is 2. The summed E-state index contributed by atoms with van der Waals surface area (Å²) in [5.74, 6) is -2.53. The van der Waals surface area contributed by atoms with Crippen LogP contribution < -0.4 is 5.32 Å². The number of nitrogens with one attached hydrogen (secondary N) is 1. The highest BCUT2D eigenvalue weighted by atomic mass is 16.5. The van der Waals surface area contributed by atoms with Crippen molar-refractivity contribution in [2.24, 2.45) is 11.8 Å². The van der Waals surface area contributed by atoms with E-state index in [1.807, 2.05) is 6.07 Å². The van der Waals surface area contributed by atoms with Crippen LogP contribution in [0, 0.1) is 45.8 Å². The lowest BCUT2D eigenvalue weighted by atomic mass is 9.84. The van der Waals surface area contributed by atoms with Crippen LogP contribution in [0.3, 0.4) is 0 Å². The van der Waals surface area contributed by atoms with Gasteiger partial charge in [-0.3, -0.25) is 9.59 Å². The van der Waals surface area contributed by atoms with Crippen LogP contribution in [-0.4, -0.2) is 19.0 Å². The van der Waals surface area contributed by atoms with Crippen LogP contribution in [0.2, 0.25) is 0 Å². The first kappa shape index (κ1) is 14.2. The number of piperidine rings is 1. The van der Waals surface area contributed by atoms with E-state index in [4.69, 9.17) is 15.8 Å². The van der Waals surface area contributed by atoms with Gasteiger partial charge in [0.2, 0.25) is 5.91 Å². The number of nitriles is 3. The Bertz CT molecular complexity index is 543. The number of rotatable bonds is 2. The molecule has 1 fully saturated rings. The van der Waals surface area contributed by atoms with Gasteiger partial charge in [-0.05, 0) is 6.42 Å². The number of ether oxygens (including phenoxy) is 1. The summed E-state index contributed by atoms with van der Waals surface area (Å²) >= 11 is 0.